The molecule has 1 aliphatic rings. The number of carbonyl (C=O) groups is 1. The van der Waals surface area contributed by atoms with Crippen LogP contribution < -0.4 is 0 Å². The van der Waals surface area contributed by atoms with Gasteiger partial charge >= 0.3 is 5.24 Å². The van der Waals surface area contributed by atoms with Crippen LogP contribution >= 0.6 is 0 Å². The molecule has 0 bridgehead atoms. The highest BCUT2D eigenvalue weighted by Crippen LogP contribution is 2.03. The fourth-order valence-corrected chi connectivity index (χ4v) is 1.84. The number of nitrogens with zero attached hydrogens (tertiary/aromatic N) is 1. The van der Waals surface area contributed by atoms with Gasteiger partial charge in [-0.3, -0.25) is 4.79 Å². The standard InChI is InChI=1S/C8H15NO3S/c1-13(11)8(10)9-4-2-6-12-7-3-5-9/h2-7H2,1H3. The molecule has 76 valence electrons. The second kappa shape index (κ2) is 5.34. The maximum absolute atomic E-state index is 11.3. The Morgan fingerprint density at radius 2 is 1.85 bits per heavy atom. The van der Waals surface area contributed by atoms with Crippen molar-refractivity contribution in [1.29, 1.82) is 0 Å². The summed E-state index contributed by atoms with van der Waals surface area (Å²) in [7, 11) is -1.38. The van der Waals surface area contributed by atoms with Gasteiger partial charge in [-0.15, -0.1) is 0 Å². The van der Waals surface area contributed by atoms with Gasteiger partial charge in [-0.05, 0) is 12.8 Å². The van der Waals surface area contributed by atoms with Crippen LogP contribution in [0.3, 0.4) is 0 Å². The Morgan fingerprint density at radius 1 is 1.31 bits per heavy atom. The first kappa shape index (κ1) is 10.7. The van der Waals surface area contributed by atoms with E-state index in [9.17, 15) is 9.00 Å². The molecule has 1 saturated heterocycles. The van der Waals surface area contributed by atoms with Gasteiger partial charge in [0.2, 0.25) is 0 Å². The summed E-state index contributed by atoms with van der Waals surface area (Å²) in [4.78, 5) is 13.0. The van der Waals surface area contributed by atoms with E-state index in [1.165, 1.54) is 6.26 Å². The van der Waals surface area contributed by atoms with Gasteiger partial charge in [0, 0.05) is 32.6 Å². The van der Waals surface area contributed by atoms with Crippen LogP contribution in [0, 0.1) is 0 Å². The fourth-order valence-electron chi connectivity index (χ4n) is 1.29. The molecule has 0 aromatic carbocycles. The Labute approximate surface area is 80.7 Å². The van der Waals surface area contributed by atoms with Crippen molar-refractivity contribution in [3.05, 3.63) is 0 Å². The number of hydrogen-bond acceptors (Lipinski definition) is 3. The minimum Gasteiger partial charge on any atom is -0.381 e. The molecule has 1 heterocycles. The summed E-state index contributed by atoms with van der Waals surface area (Å²) in [5, 5.41) is -0.248. The predicted molar refractivity (Wildman–Crippen MR) is 51.1 cm³/mol. The molecule has 0 aliphatic carbocycles. The molecule has 0 aromatic rings. The van der Waals surface area contributed by atoms with E-state index in [-0.39, 0.29) is 5.24 Å². The van der Waals surface area contributed by atoms with Crippen LogP contribution in [0.1, 0.15) is 12.8 Å². The van der Waals surface area contributed by atoms with E-state index in [2.05, 4.69) is 0 Å². The summed E-state index contributed by atoms with van der Waals surface area (Å²) in [5.74, 6) is 0. The number of carbonyl (C=O) groups excluding carboxylic acids is 1. The average Bonchev–Trinajstić information content (AvgIpc) is 2.02. The molecule has 4 nitrogen and oxygen atoms in total. The van der Waals surface area contributed by atoms with Gasteiger partial charge in [0.05, 0.1) is 0 Å². The van der Waals surface area contributed by atoms with E-state index < -0.39 is 10.8 Å². The predicted octanol–water partition coefficient (Wildman–Crippen LogP) is 0.597. The Hall–Kier alpha value is -0.420. The van der Waals surface area contributed by atoms with Gasteiger partial charge in [0.1, 0.15) is 10.8 Å². The second-order valence-corrected chi connectivity index (χ2v) is 4.28. The van der Waals surface area contributed by atoms with E-state index in [0.717, 1.165) is 12.8 Å². The molecule has 0 saturated carbocycles. The Bertz CT molecular complexity index is 200. The lowest BCUT2D eigenvalue weighted by molar-refractivity contribution is 0.0995. The third-order valence-electron chi connectivity index (χ3n) is 1.94. The van der Waals surface area contributed by atoms with Crippen LogP contribution in [-0.4, -0.2) is 46.9 Å². The Balaban J connectivity index is 2.45. The number of ether oxygens (including phenoxy) is 1. The lowest BCUT2D eigenvalue weighted by atomic mass is 10.3. The molecular weight excluding hydrogens is 190 g/mol. The van der Waals surface area contributed by atoms with Crippen molar-refractivity contribution in [3.63, 3.8) is 0 Å². The maximum atomic E-state index is 11.3. The molecule has 0 aromatic heterocycles. The fraction of sp³-hybridized carbons (Fsp3) is 0.875. The van der Waals surface area contributed by atoms with Gasteiger partial charge in [-0.2, -0.15) is 0 Å². The van der Waals surface area contributed by atoms with Crippen molar-refractivity contribution >= 4 is 16.0 Å². The van der Waals surface area contributed by atoms with E-state index in [0.29, 0.717) is 26.3 Å². The molecule has 1 atom stereocenters. The highest BCUT2D eigenvalue weighted by atomic mass is 32.2. The Morgan fingerprint density at radius 3 is 2.31 bits per heavy atom. The van der Waals surface area contributed by atoms with Crippen molar-refractivity contribution in [2.75, 3.05) is 32.6 Å². The molecule has 0 radical (unpaired) electrons. The second-order valence-electron chi connectivity index (χ2n) is 3.03. The van der Waals surface area contributed by atoms with E-state index in [1.54, 1.807) is 4.90 Å². The minimum atomic E-state index is -1.38. The van der Waals surface area contributed by atoms with Gasteiger partial charge in [-0.1, -0.05) is 0 Å². The van der Waals surface area contributed by atoms with E-state index >= 15 is 0 Å². The topological polar surface area (TPSA) is 46.6 Å². The zero-order chi connectivity index (χ0) is 9.68. The van der Waals surface area contributed by atoms with Gasteiger partial charge < -0.3 is 9.64 Å². The van der Waals surface area contributed by atoms with E-state index in [1.807, 2.05) is 0 Å². The smallest absolute Gasteiger partial charge is 0.311 e. The van der Waals surface area contributed by atoms with Gasteiger partial charge in [0.15, 0.2) is 0 Å². The van der Waals surface area contributed by atoms with Crippen molar-refractivity contribution in [1.82, 2.24) is 4.90 Å². The van der Waals surface area contributed by atoms with Crippen LogP contribution in [0.2, 0.25) is 0 Å². The van der Waals surface area contributed by atoms with E-state index in [4.69, 9.17) is 4.74 Å². The summed E-state index contributed by atoms with van der Waals surface area (Å²) in [6, 6.07) is 0. The lowest BCUT2D eigenvalue weighted by Crippen LogP contribution is -2.36. The van der Waals surface area contributed by atoms with Crippen molar-refractivity contribution in [2.24, 2.45) is 0 Å². The number of hydrogen-bond donors (Lipinski definition) is 0. The largest absolute Gasteiger partial charge is 0.381 e. The molecule has 5 heteroatoms. The third kappa shape index (κ3) is 3.44. The first-order valence-electron chi connectivity index (χ1n) is 4.42. The molecular formula is C8H15NO3S. The number of rotatable bonds is 0. The molecule has 0 N–H and O–H groups in total. The average molecular weight is 205 g/mol. The highest BCUT2D eigenvalue weighted by Gasteiger charge is 2.17. The quantitative estimate of drug-likeness (QED) is 0.581. The summed E-state index contributed by atoms with van der Waals surface area (Å²) in [6.45, 7) is 2.72. The highest BCUT2D eigenvalue weighted by molar-refractivity contribution is 7.99. The molecule has 1 fully saturated rings. The molecule has 1 amide bonds. The monoisotopic (exact) mass is 205 g/mol. The summed E-state index contributed by atoms with van der Waals surface area (Å²) in [6.07, 6.45) is 3.10. The van der Waals surface area contributed by atoms with Crippen LogP contribution in [0.5, 0.6) is 0 Å². The van der Waals surface area contributed by atoms with Crippen LogP contribution in [-0.2, 0) is 15.5 Å². The first-order valence-corrected chi connectivity index (χ1v) is 5.97. The first-order chi connectivity index (χ1) is 6.22. The van der Waals surface area contributed by atoms with Crippen molar-refractivity contribution < 1.29 is 13.7 Å². The van der Waals surface area contributed by atoms with Crippen LogP contribution in [0.4, 0.5) is 4.79 Å². The minimum absolute atomic E-state index is 0.248. The zero-order valence-electron chi connectivity index (χ0n) is 7.82. The summed E-state index contributed by atoms with van der Waals surface area (Å²) < 4.78 is 16.2. The third-order valence-corrected chi connectivity index (χ3v) is 2.69. The van der Waals surface area contributed by atoms with Crippen LogP contribution in [0.25, 0.3) is 0 Å². The van der Waals surface area contributed by atoms with Crippen molar-refractivity contribution in [2.45, 2.75) is 12.8 Å². The normalized spacial score (nSPS) is 21.8. The molecule has 0 spiro atoms. The molecule has 1 aliphatic heterocycles. The van der Waals surface area contributed by atoms with Crippen LogP contribution in [0.15, 0.2) is 0 Å². The summed E-state index contributed by atoms with van der Waals surface area (Å²) in [5.41, 5.74) is 0. The summed E-state index contributed by atoms with van der Waals surface area (Å²) >= 11 is 0. The lowest BCUT2D eigenvalue weighted by Gasteiger charge is -2.23. The van der Waals surface area contributed by atoms with Crippen molar-refractivity contribution in [3.8, 4) is 0 Å². The maximum Gasteiger partial charge on any atom is 0.311 e. The number of amides is 1. The molecule has 13 heavy (non-hydrogen) atoms. The molecule has 1 unspecified atom stereocenters. The SMILES string of the molecule is CS(=O)C(=O)N1CCCOCCC1. The molecule has 1 rings (SSSR count). The zero-order valence-corrected chi connectivity index (χ0v) is 8.64. The van der Waals surface area contributed by atoms with Gasteiger partial charge in [-0.25, -0.2) is 4.21 Å². The van der Waals surface area contributed by atoms with Gasteiger partial charge in [0.25, 0.3) is 0 Å². The Kier molecular flexibility index (Phi) is 4.38.